The van der Waals surface area contributed by atoms with Gasteiger partial charge in [-0.15, -0.1) is 0 Å². The average molecular weight is 432 g/mol. The first-order chi connectivity index (χ1) is 15.4. The molecule has 0 radical (unpaired) electrons. The third-order valence-corrected chi connectivity index (χ3v) is 5.49. The van der Waals surface area contributed by atoms with Gasteiger partial charge < -0.3 is 14.7 Å². The zero-order valence-electron chi connectivity index (χ0n) is 17.6. The molecule has 3 aromatic rings. The minimum atomic E-state index is -0.856. The average Bonchev–Trinajstić information content (AvgIpc) is 3.06. The van der Waals surface area contributed by atoms with E-state index < -0.39 is 29.3 Å². The Labute approximate surface area is 184 Å². The Balaban J connectivity index is 1.86. The third-order valence-electron chi connectivity index (χ3n) is 5.49. The summed E-state index contributed by atoms with van der Waals surface area (Å²) >= 11 is 0. The molecule has 7 heteroatoms. The van der Waals surface area contributed by atoms with E-state index in [2.05, 4.69) is 4.98 Å². The fourth-order valence-corrected chi connectivity index (χ4v) is 3.76. The predicted molar refractivity (Wildman–Crippen MR) is 116 cm³/mol. The molecule has 1 atom stereocenters. The van der Waals surface area contributed by atoms with Crippen molar-refractivity contribution in [2.75, 3.05) is 7.11 Å². The first kappa shape index (κ1) is 21.2. The van der Waals surface area contributed by atoms with E-state index in [1.807, 2.05) is 0 Å². The largest absolute Gasteiger partial charge is 0.507 e. The van der Waals surface area contributed by atoms with Crippen molar-refractivity contribution < 1.29 is 23.8 Å². The quantitative estimate of drug-likeness (QED) is 0.372. The second-order valence-electron chi connectivity index (χ2n) is 7.53. The monoisotopic (exact) mass is 432 g/mol. The number of halogens is 1. The van der Waals surface area contributed by atoms with E-state index in [9.17, 15) is 19.1 Å². The van der Waals surface area contributed by atoms with Gasteiger partial charge in [-0.1, -0.05) is 30.3 Å². The van der Waals surface area contributed by atoms with E-state index in [0.717, 1.165) is 11.6 Å². The Hall–Kier alpha value is -4.00. The van der Waals surface area contributed by atoms with E-state index in [-0.39, 0.29) is 17.7 Å². The van der Waals surface area contributed by atoms with Gasteiger partial charge in [0.15, 0.2) is 0 Å². The number of aliphatic hydroxyl groups is 1. The van der Waals surface area contributed by atoms with Crippen LogP contribution in [0.3, 0.4) is 0 Å². The summed E-state index contributed by atoms with van der Waals surface area (Å²) in [6, 6.07) is 13.8. The highest BCUT2D eigenvalue weighted by atomic mass is 19.1. The minimum absolute atomic E-state index is 0.0905. The molecule has 1 N–H and O–H groups in total. The number of amides is 1. The Kier molecular flexibility index (Phi) is 5.73. The van der Waals surface area contributed by atoms with Crippen LogP contribution < -0.4 is 4.74 Å². The number of ether oxygens (including phenoxy) is 1. The van der Waals surface area contributed by atoms with E-state index in [1.165, 1.54) is 24.1 Å². The van der Waals surface area contributed by atoms with Gasteiger partial charge in [0.05, 0.1) is 18.7 Å². The summed E-state index contributed by atoms with van der Waals surface area (Å²) in [6.45, 7) is 1.72. The fraction of sp³-hybridized carbons (Fsp3) is 0.160. The van der Waals surface area contributed by atoms with Crippen LogP contribution in [0.4, 0.5) is 4.39 Å². The maximum atomic E-state index is 14.2. The zero-order chi connectivity index (χ0) is 22.8. The first-order valence-corrected chi connectivity index (χ1v) is 9.98. The molecule has 0 unspecified atom stereocenters. The standard InChI is InChI=1S/C25H21FN2O4/c1-15-5-6-18(12-20(15)26)23(29)21-22(17-7-9-19(32-2)10-8-17)28(25(31)24(21)30)14-16-4-3-11-27-13-16/h3-13,22,29H,14H2,1-2H3/t22-/m1/s1. The first-order valence-electron chi connectivity index (χ1n) is 9.98. The molecule has 4 rings (SSSR count). The molecule has 1 aromatic heterocycles. The van der Waals surface area contributed by atoms with Crippen molar-refractivity contribution in [3.63, 3.8) is 0 Å². The molecule has 0 spiro atoms. The van der Waals surface area contributed by atoms with Crippen LogP contribution in [0, 0.1) is 12.7 Å². The smallest absolute Gasteiger partial charge is 0.295 e. The number of aryl methyl sites for hydroxylation is 1. The van der Waals surface area contributed by atoms with Gasteiger partial charge >= 0.3 is 0 Å². The molecule has 0 bridgehead atoms. The number of aromatic nitrogens is 1. The number of carbonyl (C=O) groups excluding carboxylic acids is 2. The molecular weight excluding hydrogens is 411 g/mol. The van der Waals surface area contributed by atoms with Gasteiger partial charge in [0.2, 0.25) is 0 Å². The Morgan fingerprint density at radius 1 is 1.16 bits per heavy atom. The highest BCUT2D eigenvalue weighted by Crippen LogP contribution is 2.40. The number of pyridine rings is 1. The third kappa shape index (κ3) is 3.85. The second-order valence-corrected chi connectivity index (χ2v) is 7.53. The summed E-state index contributed by atoms with van der Waals surface area (Å²) in [5.74, 6) is -1.90. The number of ketones is 1. The van der Waals surface area contributed by atoms with Crippen LogP contribution in [-0.4, -0.2) is 33.8 Å². The summed E-state index contributed by atoms with van der Waals surface area (Å²) in [5.41, 5.74) is 1.79. The normalized spacial score (nSPS) is 17.6. The Bertz CT molecular complexity index is 1210. The molecule has 0 aliphatic carbocycles. The van der Waals surface area contributed by atoms with E-state index >= 15 is 0 Å². The van der Waals surface area contributed by atoms with Crippen molar-refractivity contribution in [2.24, 2.45) is 0 Å². The molecule has 1 aliphatic rings. The van der Waals surface area contributed by atoms with Crippen molar-refractivity contribution in [2.45, 2.75) is 19.5 Å². The SMILES string of the molecule is COc1ccc([C@@H]2C(=C(O)c3ccc(C)c(F)c3)C(=O)C(=O)N2Cc2cccnc2)cc1. The number of likely N-dealkylation sites (tertiary alicyclic amines) is 1. The van der Waals surface area contributed by atoms with Gasteiger partial charge in [-0.3, -0.25) is 14.6 Å². The van der Waals surface area contributed by atoms with Gasteiger partial charge in [-0.05, 0) is 47.9 Å². The predicted octanol–water partition coefficient (Wildman–Crippen LogP) is 4.16. The van der Waals surface area contributed by atoms with E-state index in [4.69, 9.17) is 4.74 Å². The van der Waals surface area contributed by atoms with Crippen molar-refractivity contribution in [3.05, 3.63) is 101 Å². The molecule has 162 valence electrons. The van der Waals surface area contributed by atoms with Crippen LogP contribution >= 0.6 is 0 Å². The van der Waals surface area contributed by atoms with Gasteiger partial charge in [-0.2, -0.15) is 0 Å². The summed E-state index contributed by atoms with van der Waals surface area (Å²) in [5, 5.41) is 11.0. The van der Waals surface area contributed by atoms with Crippen LogP contribution in [0.1, 0.15) is 28.3 Å². The van der Waals surface area contributed by atoms with Crippen LogP contribution in [0.15, 0.2) is 72.6 Å². The van der Waals surface area contributed by atoms with Crippen LogP contribution in [0.2, 0.25) is 0 Å². The lowest BCUT2D eigenvalue weighted by molar-refractivity contribution is -0.140. The highest BCUT2D eigenvalue weighted by Gasteiger charge is 2.46. The second kappa shape index (κ2) is 8.63. The number of nitrogens with zero attached hydrogens (tertiary/aromatic N) is 2. The minimum Gasteiger partial charge on any atom is -0.507 e. The summed E-state index contributed by atoms with van der Waals surface area (Å²) in [6.07, 6.45) is 3.23. The van der Waals surface area contributed by atoms with Crippen molar-refractivity contribution >= 4 is 17.4 Å². The number of benzene rings is 2. The lowest BCUT2D eigenvalue weighted by Crippen LogP contribution is -2.29. The molecular formula is C25H21FN2O4. The molecule has 1 fully saturated rings. The number of methoxy groups -OCH3 is 1. The van der Waals surface area contributed by atoms with Gasteiger partial charge in [-0.25, -0.2) is 4.39 Å². The molecule has 1 aliphatic heterocycles. The lowest BCUT2D eigenvalue weighted by atomic mass is 9.94. The number of hydrogen-bond acceptors (Lipinski definition) is 5. The molecule has 32 heavy (non-hydrogen) atoms. The summed E-state index contributed by atoms with van der Waals surface area (Å²) in [4.78, 5) is 31.5. The van der Waals surface area contributed by atoms with Crippen LogP contribution in [-0.2, 0) is 16.1 Å². The van der Waals surface area contributed by atoms with Gasteiger partial charge in [0.25, 0.3) is 11.7 Å². The van der Waals surface area contributed by atoms with E-state index in [1.54, 1.807) is 55.7 Å². The van der Waals surface area contributed by atoms with Gasteiger partial charge in [0.1, 0.15) is 17.3 Å². The zero-order valence-corrected chi connectivity index (χ0v) is 17.6. The van der Waals surface area contributed by atoms with Crippen molar-refractivity contribution in [1.29, 1.82) is 0 Å². The number of aliphatic hydroxyl groups excluding tert-OH is 1. The maximum absolute atomic E-state index is 14.2. The summed E-state index contributed by atoms with van der Waals surface area (Å²) in [7, 11) is 1.54. The topological polar surface area (TPSA) is 79.7 Å². The summed E-state index contributed by atoms with van der Waals surface area (Å²) < 4.78 is 19.4. The van der Waals surface area contributed by atoms with E-state index in [0.29, 0.717) is 16.9 Å². The van der Waals surface area contributed by atoms with Gasteiger partial charge in [0, 0.05) is 24.5 Å². The number of Topliss-reactive ketones (excluding diaryl/α,β-unsaturated/α-hetero) is 1. The highest BCUT2D eigenvalue weighted by molar-refractivity contribution is 6.46. The number of carbonyl (C=O) groups is 2. The van der Waals surface area contributed by atoms with Crippen molar-refractivity contribution in [3.8, 4) is 5.75 Å². The Morgan fingerprint density at radius 2 is 1.91 bits per heavy atom. The molecule has 2 heterocycles. The molecule has 1 saturated heterocycles. The molecule has 6 nitrogen and oxygen atoms in total. The van der Waals surface area contributed by atoms with Crippen LogP contribution in [0.25, 0.3) is 5.76 Å². The number of rotatable bonds is 5. The van der Waals surface area contributed by atoms with Crippen LogP contribution in [0.5, 0.6) is 5.75 Å². The van der Waals surface area contributed by atoms with Crippen molar-refractivity contribution in [1.82, 2.24) is 9.88 Å². The Morgan fingerprint density at radius 3 is 2.53 bits per heavy atom. The maximum Gasteiger partial charge on any atom is 0.295 e. The molecule has 0 saturated carbocycles. The fourth-order valence-electron chi connectivity index (χ4n) is 3.76. The molecule has 1 amide bonds. The molecule has 2 aromatic carbocycles. The lowest BCUT2D eigenvalue weighted by Gasteiger charge is -2.25. The number of hydrogen-bond donors (Lipinski definition) is 1.